The minimum atomic E-state index is -0.555. The molecule has 1 heterocycles. The van der Waals surface area contributed by atoms with E-state index < -0.39 is 6.09 Å². The van der Waals surface area contributed by atoms with Crippen LogP contribution in [0.1, 0.15) is 19.8 Å². The van der Waals surface area contributed by atoms with Gasteiger partial charge in [-0.1, -0.05) is 13.0 Å². The summed E-state index contributed by atoms with van der Waals surface area (Å²) in [4.78, 5) is 25.8. The number of benzene rings is 1. The second-order valence-corrected chi connectivity index (χ2v) is 5.96. The van der Waals surface area contributed by atoms with Crippen molar-refractivity contribution in [1.82, 2.24) is 4.90 Å². The Balaban J connectivity index is 1.87. The number of carbonyl (C=O) groups is 2. The molecule has 0 aliphatic carbocycles. The highest BCUT2D eigenvalue weighted by atomic mass is 16.6. The van der Waals surface area contributed by atoms with Gasteiger partial charge in [-0.2, -0.15) is 0 Å². The summed E-state index contributed by atoms with van der Waals surface area (Å²) in [5.41, 5.74) is 1.19. The van der Waals surface area contributed by atoms with E-state index in [4.69, 9.17) is 9.47 Å². The number of urea groups is 1. The highest BCUT2D eigenvalue weighted by Gasteiger charge is 2.20. The molecule has 0 radical (unpaired) electrons. The number of methoxy groups -OCH3 is 1. The van der Waals surface area contributed by atoms with Crippen LogP contribution in [0.3, 0.4) is 0 Å². The van der Waals surface area contributed by atoms with Crippen molar-refractivity contribution in [2.24, 2.45) is 5.92 Å². The van der Waals surface area contributed by atoms with Crippen molar-refractivity contribution in [1.29, 1.82) is 0 Å². The third-order valence-electron chi connectivity index (χ3n) is 3.83. The van der Waals surface area contributed by atoms with Crippen molar-refractivity contribution >= 4 is 23.5 Å². The second-order valence-electron chi connectivity index (χ2n) is 5.96. The first kappa shape index (κ1) is 18.1. The molecule has 2 N–H and O–H groups in total. The zero-order chi connectivity index (χ0) is 17.4. The molecule has 1 atom stereocenters. The Bertz CT molecular complexity index is 565. The van der Waals surface area contributed by atoms with Crippen molar-refractivity contribution in [3.63, 3.8) is 0 Å². The summed E-state index contributed by atoms with van der Waals surface area (Å²) in [7, 11) is 1.54. The lowest BCUT2D eigenvalue weighted by Gasteiger charge is -2.30. The van der Waals surface area contributed by atoms with E-state index in [-0.39, 0.29) is 12.6 Å². The molecule has 1 aliphatic rings. The third-order valence-corrected chi connectivity index (χ3v) is 3.83. The SMILES string of the molecule is COCCOC(=O)Nc1cccc(NC(=O)N2CCC[C@@H](C)C2)c1. The van der Waals surface area contributed by atoms with Crippen LogP contribution in [0.2, 0.25) is 0 Å². The standard InChI is InChI=1S/C17H25N3O4/c1-13-5-4-8-20(12-13)16(21)18-14-6-3-7-15(11-14)19-17(22)24-10-9-23-2/h3,6-7,11,13H,4-5,8-10,12H2,1-2H3,(H,18,21)(H,19,22)/t13-/m1/s1. The summed E-state index contributed by atoms with van der Waals surface area (Å²) >= 11 is 0. The molecule has 0 saturated carbocycles. The van der Waals surface area contributed by atoms with Crippen LogP contribution in [0.4, 0.5) is 21.0 Å². The number of anilines is 2. The van der Waals surface area contributed by atoms with Gasteiger partial charge in [0.2, 0.25) is 0 Å². The smallest absolute Gasteiger partial charge is 0.411 e. The molecule has 1 saturated heterocycles. The van der Waals surface area contributed by atoms with Gasteiger partial charge in [-0.25, -0.2) is 9.59 Å². The molecule has 1 fully saturated rings. The van der Waals surface area contributed by atoms with Crippen LogP contribution in [0.25, 0.3) is 0 Å². The quantitative estimate of drug-likeness (QED) is 0.810. The number of amides is 3. The topological polar surface area (TPSA) is 79.9 Å². The van der Waals surface area contributed by atoms with Gasteiger partial charge in [0.25, 0.3) is 0 Å². The summed E-state index contributed by atoms with van der Waals surface area (Å²) in [5.74, 6) is 0.527. The Kier molecular flexibility index (Phi) is 6.87. The van der Waals surface area contributed by atoms with Gasteiger partial charge in [0, 0.05) is 31.6 Å². The number of hydrogen-bond donors (Lipinski definition) is 2. The van der Waals surface area contributed by atoms with Gasteiger partial charge in [0.05, 0.1) is 6.61 Å². The fourth-order valence-electron chi connectivity index (χ4n) is 2.62. The van der Waals surface area contributed by atoms with Crippen LogP contribution in [-0.2, 0) is 9.47 Å². The molecule has 7 nitrogen and oxygen atoms in total. The van der Waals surface area contributed by atoms with E-state index in [0.29, 0.717) is 23.9 Å². The Labute approximate surface area is 142 Å². The molecular weight excluding hydrogens is 310 g/mol. The summed E-state index contributed by atoms with van der Waals surface area (Å²) in [6, 6.07) is 6.87. The predicted molar refractivity (Wildman–Crippen MR) is 92.3 cm³/mol. The van der Waals surface area contributed by atoms with E-state index in [1.165, 1.54) is 7.11 Å². The Hall–Kier alpha value is -2.28. The molecule has 0 spiro atoms. The van der Waals surface area contributed by atoms with Crippen molar-refractivity contribution in [2.75, 3.05) is 44.0 Å². The van der Waals surface area contributed by atoms with Crippen molar-refractivity contribution in [3.8, 4) is 0 Å². The predicted octanol–water partition coefficient (Wildman–Crippen LogP) is 3.15. The molecule has 7 heteroatoms. The normalized spacial score (nSPS) is 17.2. The summed E-state index contributed by atoms with van der Waals surface area (Å²) in [6.07, 6.45) is 1.64. The van der Waals surface area contributed by atoms with E-state index in [2.05, 4.69) is 17.6 Å². The largest absolute Gasteiger partial charge is 0.447 e. The van der Waals surface area contributed by atoms with Crippen LogP contribution >= 0.6 is 0 Å². The van der Waals surface area contributed by atoms with Gasteiger partial charge in [-0.05, 0) is 37.0 Å². The Morgan fingerprint density at radius 1 is 1.25 bits per heavy atom. The molecule has 132 valence electrons. The van der Waals surface area contributed by atoms with E-state index in [9.17, 15) is 9.59 Å². The molecule has 0 aromatic heterocycles. The molecule has 24 heavy (non-hydrogen) atoms. The van der Waals surface area contributed by atoms with Crippen LogP contribution in [0, 0.1) is 5.92 Å². The summed E-state index contributed by atoms with van der Waals surface area (Å²) < 4.78 is 9.76. The number of ether oxygens (including phenoxy) is 2. The van der Waals surface area contributed by atoms with E-state index in [1.54, 1.807) is 24.3 Å². The molecule has 3 amide bonds. The average molecular weight is 335 g/mol. The van der Waals surface area contributed by atoms with Crippen LogP contribution in [0.15, 0.2) is 24.3 Å². The molecule has 1 aromatic rings. The summed E-state index contributed by atoms with van der Waals surface area (Å²) in [5, 5.41) is 5.49. The lowest BCUT2D eigenvalue weighted by atomic mass is 10.0. The maximum absolute atomic E-state index is 12.3. The van der Waals surface area contributed by atoms with E-state index in [0.717, 1.165) is 25.9 Å². The van der Waals surface area contributed by atoms with Gasteiger partial charge < -0.3 is 19.7 Å². The Morgan fingerprint density at radius 2 is 2.00 bits per heavy atom. The highest BCUT2D eigenvalue weighted by Crippen LogP contribution is 2.19. The minimum Gasteiger partial charge on any atom is -0.447 e. The van der Waals surface area contributed by atoms with Crippen LogP contribution in [-0.4, -0.2) is 50.4 Å². The van der Waals surface area contributed by atoms with Crippen LogP contribution < -0.4 is 10.6 Å². The number of carbonyl (C=O) groups excluding carboxylic acids is 2. The number of rotatable bonds is 5. The zero-order valence-corrected chi connectivity index (χ0v) is 14.2. The maximum atomic E-state index is 12.3. The number of nitrogens with zero attached hydrogens (tertiary/aromatic N) is 1. The first-order chi connectivity index (χ1) is 11.6. The number of piperidine rings is 1. The molecule has 0 unspecified atom stereocenters. The average Bonchev–Trinajstić information content (AvgIpc) is 2.55. The molecule has 1 aromatic carbocycles. The van der Waals surface area contributed by atoms with Crippen LogP contribution in [0.5, 0.6) is 0 Å². The molecule has 2 rings (SSSR count). The van der Waals surface area contributed by atoms with Gasteiger partial charge in [0.1, 0.15) is 6.61 Å². The first-order valence-corrected chi connectivity index (χ1v) is 8.17. The second kappa shape index (κ2) is 9.12. The number of hydrogen-bond acceptors (Lipinski definition) is 4. The highest BCUT2D eigenvalue weighted by molar-refractivity contribution is 5.91. The van der Waals surface area contributed by atoms with Gasteiger partial charge in [0.15, 0.2) is 0 Å². The van der Waals surface area contributed by atoms with Crippen molar-refractivity contribution in [3.05, 3.63) is 24.3 Å². The maximum Gasteiger partial charge on any atom is 0.411 e. The molecule has 0 bridgehead atoms. The first-order valence-electron chi connectivity index (χ1n) is 8.17. The lowest BCUT2D eigenvalue weighted by Crippen LogP contribution is -2.41. The minimum absolute atomic E-state index is 0.110. The van der Waals surface area contributed by atoms with E-state index in [1.807, 2.05) is 4.90 Å². The summed E-state index contributed by atoms with van der Waals surface area (Å²) in [6.45, 7) is 4.23. The van der Waals surface area contributed by atoms with Gasteiger partial charge in [-0.15, -0.1) is 0 Å². The monoisotopic (exact) mass is 335 g/mol. The van der Waals surface area contributed by atoms with Crippen molar-refractivity contribution < 1.29 is 19.1 Å². The van der Waals surface area contributed by atoms with Gasteiger partial charge in [-0.3, -0.25) is 5.32 Å². The third kappa shape index (κ3) is 5.73. The fraction of sp³-hybridized carbons (Fsp3) is 0.529. The molecular formula is C17H25N3O4. The fourth-order valence-corrected chi connectivity index (χ4v) is 2.62. The number of nitrogens with one attached hydrogen (secondary N) is 2. The van der Waals surface area contributed by atoms with Crippen molar-refractivity contribution in [2.45, 2.75) is 19.8 Å². The van der Waals surface area contributed by atoms with E-state index >= 15 is 0 Å². The zero-order valence-electron chi connectivity index (χ0n) is 14.2. The number of likely N-dealkylation sites (tertiary alicyclic amines) is 1. The molecule has 1 aliphatic heterocycles. The lowest BCUT2D eigenvalue weighted by molar-refractivity contribution is 0.107. The van der Waals surface area contributed by atoms with Gasteiger partial charge >= 0.3 is 12.1 Å². The Morgan fingerprint density at radius 3 is 2.71 bits per heavy atom.